The molecule has 92 valence electrons. The van der Waals surface area contributed by atoms with Crippen LogP contribution >= 0.6 is 0 Å². The van der Waals surface area contributed by atoms with E-state index in [1.54, 1.807) is 31.5 Å². The number of aryl methyl sites for hydroxylation is 2. The van der Waals surface area contributed by atoms with Crippen LogP contribution < -0.4 is 11.1 Å². The molecule has 0 bridgehead atoms. The summed E-state index contributed by atoms with van der Waals surface area (Å²) < 4.78 is 0. The van der Waals surface area contributed by atoms with Crippen molar-refractivity contribution in [3.63, 3.8) is 0 Å². The zero-order chi connectivity index (χ0) is 13.1. The zero-order valence-electron chi connectivity index (χ0n) is 10.3. The molecule has 2 aromatic rings. The first-order chi connectivity index (χ1) is 8.58. The van der Waals surface area contributed by atoms with Gasteiger partial charge in [0.25, 0.3) is 5.91 Å². The largest absolute Gasteiger partial charge is 0.397 e. The predicted molar refractivity (Wildman–Crippen MR) is 70.3 cm³/mol. The number of nitrogens with zero attached hydrogens (tertiary/aromatic N) is 2. The second kappa shape index (κ2) is 4.83. The Kier molecular flexibility index (Phi) is 3.23. The molecule has 0 saturated carbocycles. The molecule has 0 saturated heterocycles. The van der Waals surface area contributed by atoms with Crippen LogP contribution in [0.15, 0.2) is 30.7 Å². The van der Waals surface area contributed by atoms with E-state index in [1.807, 2.05) is 6.92 Å². The fourth-order valence-corrected chi connectivity index (χ4v) is 1.58. The maximum absolute atomic E-state index is 12.1. The van der Waals surface area contributed by atoms with Crippen molar-refractivity contribution in [2.45, 2.75) is 13.8 Å². The van der Waals surface area contributed by atoms with Crippen LogP contribution in [0.1, 0.15) is 21.6 Å². The molecular weight excluding hydrogens is 228 g/mol. The monoisotopic (exact) mass is 242 g/mol. The lowest BCUT2D eigenvalue weighted by Gasteiger charge is -2.09. The Hall–Kier alpha value is -2.43. The molecule has 1 amide bonds. The third kappa shape index (κ3) is 2.45. The molecule has 0 aliphatic heterocycles. The van der Waals surface area contributed by atoms with Crippen molar-refractivity contribution in [3.8, 4) is 0 Å². The van der Waals surface area contributed by atoms with Crippen molar-refractivity contribution in [3.05, 3.63) is 47.5 Å². The van der Waals surface area contributed by atoms with Crippen LogP contribution in [0.5, 0.6) is 0 Å². The molecule has 18 heavy (non-hydrogen) atoms. The highest BCUT2D eigenvalue weighted by molar-refractivity contribution is 6.05. The van der Waals surface area contributed by atoms with Crippen LogP contribution in [0, 0.1) is 13.8 Å². The van der Waals surface area contributed by atoms with E-state index in [0.717, 1.165) is 11.3 Å². The van der Waals surface area contributed by atoms with Crippen LogP contribution in [-0.2, 0) is 0 Å². The van der Waals surface area contributed by atoms with Gasteiger partial charge in [-0.2, -0.15) is 0 Å². The lowest BCUT2D eigenvalue weighted by Crippen LogP contribution is -2.15. The summed E-state index contributed by atoms with van der Waals surface area (Å²) in [6, 6.07) is 3.37. The van der Waals surface area contributed by atoms with Gasteiger partial charge >= 0.3 is 0 Å². The SMILES string of the molecule is Cc1cnccc1NC(=O)c1cc(N)cnc1C. The van der Waals surface area contributed by atoms with Gasteiger partial charge in [0.2, 0.25) is 0 Å². The highest BCUT2D eigenvalue weighted by Crippen LogP contribution is 2.15. The second-order valence-electron chi connectivity index (χ2n) is 4.05. The van der Waals surface area contributed by atoms with Crippen molar-refractivity contribution in [2.75, 3.05) is 11.1 Å². The first-order valence-corrected chi connectivity index (χ1v) is 5.52. The number of nitrogen functional groups attached to an aromatic ring is 1. The fourth-order valence-electron chi connectivity index (χ4n) is 1.58. The summed E-state index contributed by atoms with van der Waals surface area (Å²) in [4.78, 5) is 20.2. The molecule has 2 aromatic heterocycles. The van der Waals surface area contributed by atoms with Crippen LogP contribution in [0.3, 0.4) is 0 Å². The molecule has 0 unspecified atom stereocenters. The minimum atomic E-state index is -0.221. The smallest absolute Gasteiger partial charge is 0.257 e. The lowest BCUT2D eigenvalue weighted by atomic mass is 10.1. The Labute approximate surface area is 105 Å². The van der Waals surface area contributed by atoms with Crippen LogP contribution in [0.4, 0.5) is 11.4 Å². The van der Waals surface area contributed by atoms with E-state index in [1.165, 1.54) is 6.20 Å². The third-order valence-corrected chi connectivity index (χ3v) is 2.62. The minimum absolute atomic E-state index is 0.221. The molecule has 2 rings (SSSR count). The predicted octanol–water partition coefficient (Wildman–Crippen LogP) is 1.93. The van der Waals surface area contributed by atoms with Gasteiger partial charge in [-0.25, -0.2) is 0 Å². The Morgan fingerprint density at radius 1 is 1.33 bits per heavy atom. The van der Waals surface area contributed by atoms with Gasteiger partial charge < -0.3 is 11.1 Å². The fraction of sp³-hybridized carbons (Fsp3) is 0.154. The number of rotatable bonds is 2. The topological polar surface area (TPSA) is 80.9 Å². The maximum Gasteiger partial charge on any atom is 0.257 e. The van der Waals surface area contributed by atoms with E-state index in [4.69, 9.17) is 5.73 Å². The van der Waals surface area contributed by atoms with Gasteiger partial charge in [0.15, 0.2) is 0 Å². The highest BCUT2D eigenvalue weighted by atomic mass is 16.1. The number of pyridine rings is 2. The summed E-state index contributed by atoms with van der Waals surface area (Å²) in [7, 11) is 0. The van der Waals surface area contributed by atoms with E-state index >= 15 is 0 Å². The average Bonchev–Trinajstić information content (AvgIpc) is 2.35. The van der Waals surface area contributed by atoms with Crippen LogP contribution in [0.2, 0.25) is 0 Å². The van der Waals surface area contributed by atoms with Gasteiger partial charge in [0.05, 0.1) is 23.1 Å². The quantitative estimate of drug-likeness (QED) is 0.843. The number of carbonyl (C=O) groups excluding carboxylic acids is 1. The summed E-state index contributed by atoms with van der Waals surface area (Å²) >= 11 is 0. The van der Waals surface area contributed by atoms with Gasteiger partial charge in [0, 0.05) is 18.1 Å². The van der Waals surface area contributed by atoms with Crippen molar-refractivity contribution < 1.29 is 4.79 Å². The van der Waals surface area contributed by atoms with Gasteiger partial charge in [-0.15, -0.1) is 0 Å². The number of aromatic nitrogens is 2. The number of hydrogen-bond acceptors (Lipinski definition) is 4. The first-order valence-electron chi connectivity index (χ1n) is 5.52. The van der Waals surface area contributed by atoms with E-state index in [2.05, 4.69) is 15.3 Å². The number of hydrogen-bond donors (Lipinski definition) is 2. The number of carbonyl (C=O) groups is 1. The number of nitrogens with two attached hydrogens (primary N) is 1. The van der Waals surface area contributed by atoms with E-state index in [9.17, 15) is 4.79 Å². The van der Waals surface area contributed by atoms with E-state index in [-0.39, 0.29) is 5.91 Å². The highest BCUT2D eigenvalue weighted by Gasteiger charge is 2.11. The molecule has 0 aliphatic rings. The summed E-state index contributed by atoms with van der Waals surface area (Å²) in [5.74, 6) is -0.221. The van der Waals surface area contributed by atoms with Gasteiger partial charge in [-0.3, -0.25) is 14.8 Å². The Morgan fingerprint density at radius 2 is 2.11 bits per heavy atom. The Balaban J connectivity index is 2.28. The van der Waals surface area contributed by atoms with Crippen LogP contribution in [0.25, 0.3) is 0 Å². The van der Waals surface area contributed by atoms with Crippen molar-refractivity contribution in [1.82, 2.24) is 9.97 Å². The molecule has 0 radical (unpaired) electrons. The second-order valence-corrected chi connectivity index (χ2v) is 4.05. The van der Waals surface area contributed by atoms with Crippen molar-refractivity contribution in [2.24, 2.45) is 0 Å². The molecule has 0 aliphatic carbocycles. The van der Waals surface area contributed by atoms with Crippen LogP contribution in [-0.4, -0.2) is 15.9 Å². The summed E-state index contributed by atoms with van der Waals surface area (Å²) in [6.07, 6.45) is 4.86. The molecular formula is C13H14N4O. The standard InChI is InChI=1S/C13H14N4O/c1-8-6-15-4-3-12(8)17-13(18)11-5-10(14)7-16-9(11)2/h3-7H,14H2,1-2H3,(H,15,17,18). The molecule has 0 aromatic carbocycles. The molecule has 3 N–H and O–H groups in total. The van der Waals surface area contributed by atoms with E-state index in [0.29, 0.717) is 16.9 Å². The van der Waals surface area contributed by atoms with Gasteiger partial charge in [-0.1, -0.05) is 0 Å². The maximum atomic E-state index is 12.1. The summed E-state index contributed by atoms with van der Waals surface area (Å²) in [6.45, 7) is 3.65. The van der Waals surface area contributed by atoms with Crippen molar-refractivity contribution >= 4 is 17.3 Å². The average molecular weight is 242 g/mol. The van der Waals surface area contributed by atoms with Gasteiger partial charge in [0.1, 0.15) is 0 Å². The Morgan fingerprint density at radius 3 is 2.83 bits per heavy atom. The zero-order valence-corrected chi connectivity index (χ0v) is 10.3. The third-order valence-electron chi connectivity index (χ3n) is 2.62. The normalized spacial score (nSPS) is 10.1. The molecule has 5 heteroatoms. The molecule has 0 fully saturated rings. The Bertz CT molecular complexity index is 595. The summed E-state index contributed by atoms with van der Waals surface area (Å²) in [5.41, 5.74) is 8.87. The number of amides is 1. The molecule has 0 spiro atoms. The van der Waals surface area contributed by atoms with E-state index < -0.39 is 0 Å². The van der Waals surface area contributed by atoms with Gasteiger partial charge in [-0.05, 0) is 31.5 Å². The number of anilines is 2. The minimum Gasteiger partial charge on any atom is -0.397 e. The molecule has 0 atom stereocenters. The van der Waals surface area contributed by atoms with Crippen molar-refractivity contribution in [1.29, 1.82) is 0 Å². The molecule has 2 heterocycles. The lowest BCUT2D eigenvalue weighted by molar-refractivity contribution is 0.102. The first kappa shape index (κ1) is 12.0. The summed E-state index contributed by atoms with van der Waals surface area (Å²) in [5, 5.41) is 2.82. The molecule has 5 nitrogen and oxygen atoms in total. The number of nitrogens with one attached hydrogen (secondary N) is 1.